The van der Waals surface area contributed by atoms with E-state index >= 15 is 0 Å². The first-order valence-electron chi connectivity index (χ1n) is 8.75. The summed E-state index contributed by atoms with van der Waals surface area (Å²) in [4.78, 5) is 27.4. The molecule has 1 aliphatic heterocycles. The van der Waals surface area contributed by atoms with Crippen LogP contribution in [0.3, 0.4) is 0 Å². The molecule has 27 heavy (non-hydrogen) atoms. The van der Waals surface area contributed by atoms with Crippen LogP contribution in [0.4, 0.5) is 10.1 Å². The summed E-state index contributed by atoms with van der Waals surface area (Å²) in [7, 11) is 0. The number of rotatable bonds is 2. The van der Waals surface area contributed by atoms with E-state index in [0.29, 0.717) is 46.3 Å². The zero-order valence-electron chi connectivity index (χ0n) is 14.3. The lowest BCUT2D eigenvalue weighted by Crippen LogP contribution is -2.40. The van der Waals surface area contributed by atoms with Crippen LogP contribution in [0.15, 0.2) is 53.7 Å². The molecule has 138 valence electrons. The van der Waals surface area contributed by atoms with Gasteiger partial charge in [0, 0.05) is 40.1 Å². The first-order chi connectivity index (χ1) is 12.9. The summed E-state index contributed by atoms with van der Waals surface area (Å²) in [5.41, 5.74) is 2.69. The maximum atomic E-state index is 13.3. The molecule has 0 fully saturated rings. The van der Waals surface area contributed by atoms with E-state index in [-0.39, 0.29) is 29.8 Å². The van der Waals surface area contributed by atoms with Gasteiger partial charge in [-0.1, -0.05) is 35.3 Å². The molecule has 0 bridgehead atoms. The fourth-order valence-corrected chi connectivity index (χ4v) is 4.46. The highest BCUT2D eigenvalue weighted by Crippen LogP contribution is 2.44. The maximum Gasteiger partial charge on any atom is 0.232 e. The van der Waals surface area contributed by atoms with Gasteiger partial charge in [-0.2, -0.15) is 0 Å². The molecule has 0 spiro atoms. The van der Waals surface area contributed by atoms with Gasteiger partial charge in [0.05, 0.1) is 5.69 Å². The lowest BCUT2D eigenvalue weighted by atomic mass is 9.77. The number of halogens is 3. The molecule has 1 atom stereocenters. The highest BCUT2D eigenvalue weighted by molar-refractivity contribution is 6.35. The van der Waals surface area contributed by atoms with Crippen molar-refractivity contribution >= 4 is 40.6 Å². The van der Waals surface area contributed by atoms with Gasteiger partial charge in [0.25, 0.3) is 0 Å². The molecular formula is C21H16Cl2FNO2. The molecule has 3 nitrogen and oxygen atoms in total. The van der Waals surface area contributed by atoms with Gasteiger partial charge in [0.1, 0.15) is 5.82 Å². The fraction of sp³-hybridized carbons (Fsp3) is 0.238. The Bertz CT molecular complexity index is 948. The number of carbonyl (C=O) groups is 2. The van der Waals surface area contributed by atoms with E-state index in [4.69, 9.17) is 23.2 Å². The van der Waals surface area contributed by atoms with Crippen molar-refractivity contribution in [3.8, 4) is 0 Å². The van der Waals surface area contributed by atoms with Crippen molar-refractivity contribution in [3.05, 3.63) is 75.2 Å². The van der Waals surface area contributed by atoms with E-state index in [1.54, 1.807) is 35.2 Å². The van der Waals surface area contributed by atoms with Crippen LogP contribution in [-0.4, -0.2) is 11.7 Å². The molecule has 2 aliphatic rings. The number of anilines is 1. The number of ketones is 1. The Labute approximate surface area is 166 Å². The van der Waals surface area contributed by atoms with Crippen molar-refractivity contribution in [2.75, 3.05) is 4.90 Å². The number of allylic oxidation sites excluding steroid dienone is 2. The SMILES string of the molecule is O=C1CCCC2=C1C(c1ccc(F)cc1)CC(=O)N2c1cc(Cl)cc(Cl)c1. The number of benzene rings is 2. The summed E-state index contributed by atoms with van der Waals surface area (Å²) in [5.74, 6) is -0.792. The van der Waals surface area contributed by atoms with E-state index in [2.05, 4.69) is 0 Å². The minimum absolute atomic E-state index is 0.0381. The van der Waals surface area contributed by atoms with Gasteiger partial charge >= 0.3 is 0 Å². The van der Waals surface area contributed by atoms with Crippen LogP contribution >= 0.6 is 23.2 Å². The monoisotopic (exact) mass is 403 g/mol. The van der Waals surface area contributed by atoms with Crippen molar-refractivity contribution in [1.82, 2.24) is 0 Å². The Morgan fingerprint density at radius 2 is 1.63 bits per heavy atom. The van der Waals surface area contributed by atoms with Gasteiger partial charge in [-0.15, -0.1) is 0 Å². The molecule has 0 N–H and O–H groups in total. The van der Waals surface area contributed by atoms with Crippen LogP contribution in [0.1, 0.15) is 37.2 Å². The Balaban J connectivity index is 1.86. The van der Waals surface area contributed by atoms with Crippen molar-refractivity contribution in [1.29, 1.82) is 0 Å². The summed E-state index contributed by atoms with van der Waals surface area (Å²) in [5, 5.41) is 0.852. The molecule has 2 aromatic carbocycles. The van der Waals surface area contributed by atoms with Crippen molar-refractivity contribution in [2.45, 2.75) is 31.6 Å². The van der Waals surface area contributed by atoms with Crippen LogP contribution in [0.2, 0.25) is 10.0 Å². The average Bonchev–Trinajstić information content (AvgIpc) is 2.61. The largest absolute Gasteiger partial charge is 0.294 e. The molecule has 2 aromatic rings. The molecule has 1 amide bonds. The van der Waals surface area contributed by atoms with Crippen LogP contribution in [0, 0.1) is 5.82 Å². The van der Waals surface area contributed by atoms with E-state index < -0.39 is 0 Å². The lowest BCUT2D eigenvalue weighted by molar-refractivity contribution is -0.119. The second-order valence-corrected chi connectivity index (χ2v) is 7.68. The number of hydrogen-bond donors (Lipinski definition) is 0. The topological polar surface area (TPSA) is 37.4 Å². The Kier molecular flexibility index (Phi) is 4.79. The highest BCUT2D eigenvalue weighted by Gasteiger charge is 2.39. The third kappa shape index (κ3) is 3.40. The van der Waals surface area contributed by atoms with E-state index in [0.717, 1.165) is 5.56 Å². The van der Waals surface area contributed by atoms with Crippen molar-refractivity contribution in [2.24, 2.45) is 0 Å². The number of amides is 1. The molecule has 0 saturated heterocycles. The van der Waals surface area contributed by atoms with Gasteiger partial charge in [-0.25, -0.2) is 4.39 Å². The Morgan fingerprint density at radius 1 is 0.963 bits per heavy atom. The minimum atomic E-state index is -0.355. The number of Topliss-reactive ketones (excluding diaryl/α,β-unsaturated/α-hetero) is 1. The quantitative estimate of drug-likeness (QED) is 0.648. The smallest absolute Gasteiger partial charge is 0.232 e. The molecule has 6 heteroatoms. The predicted octanol–water partition coefficient (Wildman–Crippen LogP) is 5.66. The van der Waals surface area contributed by atoms with E-state index in [1.807, 2.05) is 0 Å². The maximum absolute atomic E-state index is 13.3. The van der Waals surface area contributed by atoms with Gasteiger partial charge in [0.2, 0.25) is 5.91 Å². The molecule has 0 aromatic heterocycles. The predicted molar refractivity (Wildman–Crippen MR) is 104 cm³/mol. The van der Waals surface area contributed by atoms with Crippen LogP contribution in [0.5, 0.6) is 0 Å². The summed E-state index contributed by atoms with van der Waals surface area (Å²) in [6.07, 6.45) is 1.90. The average molecular weight is 404 g/mol. The highest BCUT2D eigenvalue weighted by atomic mass is 35.5. The third-order valence-electron chi connectivity index (χ3n) is 5.05. The summed E-state index contributed by atoms with van der Waals surface area (Å²) in [6, 6.07) is 11.0. The molecule has 1 aliphatic carbocycles. The molecule has 1 unspecified atom stereocenters. The van der Waals surface area contributed by atoms with Crippen LogP contribution in [-0.2, 0) is 9.59 Å². The number of carbonyl (C=O) groups excluding carboxylic acids is 2. The first kappa shape index (κ1) is 18.2. The van der Waals surface area contributed by atoms with Gasteiger partial charge in [0.15, 0.2) is 5.78 Å². The van der Waals surface area contributed by atoms with Crippen LogP contribution in [0.25, 0.3) is 0 Å². The zero-order valence-corrected chi connectivity index (χ0v) is 15.9. The van der Waals surface area contributed by atoms with Crippen LogP contribution < -0.4 is 4.90 Å². The summed E-state index contributed by atoms with van der Waals surface area (Å²) >= 11 is 12.2. The molecule has 0 radical (unpaired) electrons. The molecule has 1 heterocycles. The van der Waals surface area contributed by atoms with Crippen molar-refractivity contribution < 1.29 is 14.0 Å². The number of hydrogen-bond acceptors (Lipinski definition) is 2. The van der Waals surface area contributed by atoms with Gasteiger partial charge in [-0.05, 0) is 48.7 Å². The van der Waals surface area contributed by atoms with E-state index in [1.165, 1.54) is 12.1 Å². The lowest BCUT2D eigenvalue weighted by Gasteiger charge is -2.38. The normalized spacial score (nSPS) is 20.1. The van der Waals surface area contributed by atoms with Crippen molar-refractivity contribution in [3.63, 3.8) is 0 Å². The standard InChI is InChI=1S/C21H16Cl2FNO2/c22-13-8-14(23)10-16(9-13)25-18-2-1-3-19(26)21(18)17(11-20(25)27)12-4-6-15(24)7-5-12/h4-10,17H,1-3,11H2. The molecule has 0 saturated carbocycles. The second kappa shape index (κ2) is 7.10. The Hall–Kier alpha value is -2.17. The van der Waals surface area contributed by atoms with E-state index in [9.17, 15) is 14.0 Å². The summed E-state index contributed by atoms with van der Waals surface area (Å²) in [6.45, 7) is 0. The third-order valence-corrected chi connectivity index (χ3v) is 5.49. The zero-order chi connectivity index (χ0) is 19.1. The van der Waals surface area contributed by atoms with Gasteiger partial charge < -0.3 is 0 Å². The second-order valence-electron chi connectivity index (χ2n) is 6.80. The van der Waals surface area contributed by atoms with Gasteiger partial charge in [-0.3, -0.25) is 14.5 Å². The minimum Gasteiger partial charge on any atom is -0.294 e. The Morgan fingerprint density at radius 3 is 2.30 bits per heavy atom. The molecular weight excluding hydrogens is 388 g/mol. The number of nitrogens with zero attached hydrogens (tertiary/aromatic N) is 1. The summed E-state index contributed by atoms with van der Waals surface area (Å²) < 4.78 is 13.3. The molecule has 4 rings (SSSR count). The fourth-order valence-electron chi connectivity index (χ4n) is 3.94. The first-order valence-corrected chi connectivity index (χ1v) is 9.50.